The van der Waals surface area contributed by atoms with Crippen LogP contribution in [0, 0.1) is 13.8 Å². The van der Waals surface area contributed by atoms with Crippen LogP contribution in [0.2, 0.25) is 10.0 Å². The molecule has 5 rings (SSSR count). The first-order chi connectivity index (χ1) is 17.8. The Hall–Kier alpha value is -2.75. The number of anilines is 1. The van der Waals surface area contributed by atoms with Gasteiger partial charge in [-0.1, -0.05) is 30.1 Å². The summed E-state index contributed by atoms with van der Waals surface area (Å²) in [6.07, 6.45) is 4.68. The molecule has 11 heteroatoms. The lowest BCUT2D eigenvalue weighted by Gasteiger charge is -2.47. The van der Waals surface area contributed by atoms with Crippen LogP contribution in [0.1, 0.15) is 48.1 Å². The van der Waals surface area contributed by atoms with Gasteiger partial charge in [-0.25, -0.2) is 9.97 Å². The Morgan fingerprint density at radius 2 is 1.86 bits per heavy atom. The Morgan fingerprint density at radius 3 is 2.51 bits per heavy atom. The number of piperazine rings is 1. The number of hydrogen-bond donors (Lipinski definition) is 0. The smallest absolute Gasteiger partial charge is 0.267 e. The second-order valence-corrected chi connectivity index (χ2v) is 10.5. The molecule has 0 spiro atoms. The van der Waals surface area contributed by atoms with E-state index in [0.717, 1.165) is 63.5 Å². The fourth-order valence-corrected chi connectivity index (χ4v) is 5.71. The molecule has 0 aliphatic carbocycles. The summed E-state index contributed by atoms with van der Waals surface area (Å²) in [6, 6.07) is 5.96. The lowest BCUT2D eigenvalue weighted by Crippen LogP contribution is -2.58. The lowest BCUT2D eigenvalue weighted by atomic mass is 9.97. The molecule has 1 aromatic carbocycles. The van der Waals surface area contributed by atoms with E-state index in [1.807, 2.05) is 11.8 Å². The van der Waals surface area contributed by atoms with Crippen LogP contribution in [0.5, 0.6) is 0 Å². The van der Waals surface area contributed by atoms with Crippen molar-refractivity contribution in [1.29, 1.82) is 0 Å². The highest BCUT2D eigenvalue weighted by Gasteiger charge is 2.35. The number of piperidine rings is 1. The molecule has 1 amide bonds. The standard InChI is InChI=1S/C26H31Cl2N7O2/c1-4-19-15-34(24-16(2)30-23(14-29-24)25-32-31-17(3)37-25)11-12-35(19)20-7-9-33(10-8-20)26(36)18-5-6-21(27)22(28)13-18/h5-6,13-14,19-20H,4,7-12,15H2,1-3H3. The number of rotatable bonds is 5. The van der Waals surface area contributed by atoms with Crippen LogP contribution in [0.15, 0.2) is 28.8 Å². The fraction of sp³-hybridized carbons (Fsp3) is 0.500. The predicted octanol–water partition coefficient (Wildman–Crippen LogP) is 4.66. The molecule has 1 unspecified atom stereocenters. The SMILES string of the molecule is CCC1CN(c2ncc(-c3nnc(C)o3)nc2C)CCN1C1CCN(C(=O)c2ccc(Cl)c(Cl)c2)CC1. The van der Waals surface area contributed by atoms with Crippen LogP contribution < -0.4 is 4.90 Å². The summed E-state index contributed by atoms with van der Waals surface area (Å²) in [5.74, 6) is 1.81. The minimum Gasteiger partial charge on any atom is -0.420 e. The zero-order valence-corrected chi connectivity index (χ0v) is 22.8. The lowest BCUT2D eigenvalue weighted by molar-refractivity contribution is 0.0490. The molecule has 2 saturated heterocycles. The van der Waals surface area contributed by atoms with Crippen molar-refractivity contribution < 1.29 is 9.21 Å². The number of hydrogen-bond acceptors (Lipinski definition) is 8. The van der Waals surface area contributed by atoms with E-state index in [9.17, 15) is 4.79 Å². The maximum atomic E-state index is 13.0. The third kappa shape index (κ3) is 5.44. The van der Waals surface area contributed by atoms with Gasteiger partial charge in [-0.05, 0) is 44.4 Å². The Kier molecular flexibility index (Phi) is 7.65. The average molecular weight is 544 g/mol. The molecule has 196 valence electrons. The minimum atomic E-state index is 0.0158. The van der Waals surface area contributed by atoms with E-state index in [-0.39, 0.29) is 5.91 Å². The second kappa shape index (κ2) is 10.9. The normalized spacial score (nSPS) is 19.4. The first-order valence-electron chi connectivity index (χ1n) is 12.7. The number of aromatic nitrogens is 4. The van der Waals surface area contributed by atoms with Gasteiger partial charge in [0.15, 0.2) is 0 Å². The number of carbonyl (C=O) groups is 1. The van der Waals surface area contributed by atoms with Crippen LogP contribution >= 0.6 is 23.2 Å². The van der Waals surface area contributed by atoms with Crippen LogP contribution in [0.25, 0.3) is 11.6 Å². The molecule has 0 radical (unpaired) electrons. The van der Waals surface area contributed by atoms with E-state index >= 15 is 0 Å². The molecular formula is C26H31Cl2N7O2. The highest BCUT2D eigenvalue weighted by molar-refractivity contribution is 6.42. The zero-order valence-electron chi connectivity index (χ0n) is 21.3. The van der Waals surface area contributed by atoms with Gasteiger partial charge >= 0.3 is 0 Å². The molecule has 0 N–H and O–H groups in total. The Labute approximate surface area is 226 Å². The summed E-state index contributed by atoms with van der Waals surface area (Å²) in [5, 5.41) is 8.80. The van der Waals surface area contributed by atoms with Gasteiger partial charge in [0.2, 0.25) is 5.89 Å². The van der Waals surface area contributed by atoms with Gasteiger partial charge < -0.3 is 14.2 Å². The summed E-state index contributed by atoms with van der Waals surface area (Å²) in [7, 11) is 0. The van der Waals surface area contributed by atoms with Crippen molar-refractivity contribution in [1.82, 2.24) is 30.0 Å². The van der Waals surface area contributed by atoms with Crippen molar-refractivity contribution >= 4 is 34.9 Å². The van der Waals surface area contributed by atoms with Gasteiger partial charge in [0, 0.05) is 57.3 Å². The van der Waals surface area contributed by atoms with Crippen molar-refractivity contribution in [3.05, 3.63) is 51.6 Å². The topological polar surface area (TPSA) is 91.5 Å². The Bertz CT molecular complexity index is 1280. The van der Waals surface area contributed by atoms with E-state index in [4.69, 9.17) is 32.6 Å². The third-order valence-corrected chi connectivity index (χ3v) is 8.09. The molecule has 2 aromatic heterocycles. The Balaban J connectivity index is 1.20. The van der Waals surface area contributed by atoms with Gasteiger partial charge in [0.05, 0.1) is 21.9 Å². The van der Waals surface area contributed by atoms with Crippen molar-refractivity contribution in [2.75, 3.05) is 37.6 Å². The molecule has 2 aliphatic rings. The fourth-order valence-electron chi connectivity index (χ4n) is 5.41. The average Bonchev–Trinajstić information content (AvgIpc) is 3.36. The third-order valence-electron chi connectivity index (χ3n) is 7.35. The van der Waals surface area contributed by atoms with Crippen molar-refractivity contribution in [3.8, 4) is 11.6 Å². The van der Waals surface area contributed by atoms with Gasteiger partial charge in [-0.2, -0.15) is 0 Å². The molecule has 2 aliphatic heterocycles. The minimum absolute atomic E-state index is 0.0158. The van der Waals surface area contributed by atoms with Gasteiger partial charge in [0.1, 0.15) is 11.5 Å². The molecule has 37 heavy (non-hydrogen) atoms. The van der Waals surface area contributed by atoms with Crippen LogP contribution in [0.4, 0.5) is 5.82 Å². The largest absolute Gasteiger partial charge is 0.420 e. The van der Waals surface area contributed by atoms with Crippen molar-refractivity contribution in [2.24, 2.45) is 0 Å². The Morgan fingerprint density at radius 1 is 1.08 bits per heavy atom. The number of likely N-dealkylation sites (tertiary alicyclic amines) is 1. The van der Waals surface area contributed by atoms with Gasteiger partial charge in [-0.15, -0.1) is 10.2 Å². The van der Waals surface area contributed by atoms with Crippen molar-refractivity contribution in [3.63, 3.8) is 0 Å². The number of benzene rings is 1. The summed E-state index contributed by atoms with van der Waals surface area (Å²) in [4.78, 5) is 29.3. The molecule has 0 saturated carbocycles. The van der Waals surface area contributed by atoms with E-state index in [1.54, 1.807) is 31.3 Å². The van der Waals surface area contributed by atoms with Crippen LogP contribution in [0.3, 0.4) is 0 Å². The van der Waals surface area contributed by atoms with Crippen molar-refractivity contribution in [2.45, 2.75) is 52.1 Å². The van der Waals surface area contributed by atoms with Crippen LogP contribution in [-0.4, -0.2) is 80.7 Å². The highest BCUT2D eigenvalue weighted by atomic mass is 35.5. The molecular weight excluding hydrogens is 513 g/mol. The van der Waals surface area contributed by atoms with Gasteiger partial charge in [-0.3, -0.25) is 9.69 Å². The van der Waals surface area contributed by atoms with E-state index in [1.165, 1.54) is 0 Å². The van der Waals surface area contributed by atoms with E-state index in [0.29, 0.717) is 45.2 Å². The summed E-state index contributed by atoms with van der Waals surface area (Å²) >= 11 is 12.1. The summed E-state index contributed by atoms with van der Waals surface area (Å²) in [6.45, 7) is 10.2. The maximum absolute atomic E-state index is 13.0. The monoisotopic (exact) mass is 543 g/mol. The van der Waals surface area contributed by atoms with E-state index < -0.39 is 0 Å². The van der Waals surface area contributed by atoms with Gasteiger partial charge in [0.25, 0.3) is 11.8 Å². The highest BCUT2D eigenvalue weighted by Crippen LogP contribution is 2.29. The van der Waals surface area contributed by atoms with E-state index in [2.05, 4.69) is 31.9 Å². The molecule has 0 bridgehead atoms. The molecule has 1 atom stereocenters. The number of halogens is 2. The number of amides is 1. The molecule has 3 aromatic rings. The first-order valence-corrected chi connectivity index (χ1v) is 13.5. The summed E-state index contributed by atoms with van der Waals surface area (Å²) in [5.41, 5.74) is 2.03. The maximum Gasteiger partial charge on any atom is 0.267 e. The van der Waals surface area contributed by atoms with Crippen LogP contribution in [-0.2, 0) is 0 Å². The molecule has 9 nitrogen and oxygen atoms in total. The number of nitrogens with zero attached hydrogens (tertiary/aromatic N) is 7. The number of carbonyl (C=O) groups excluding carboxylic acids is 1. The quantitative estimate of drug-likeness (QED) is 0.458. The number of aryl methyl sites for hydroxylation is 2. The predicted molar refractivity (Wildman–Crippen MR) is 143 cm³/mol. The zero-order chi connectivity index (χ0) is 26.1. The molecule has 4 heterocycles. The molecule has 2 fully saturated rings. The second-order valence-electron chi connectivity index (χ2n) is 9.69. The summed E-state index contributed by atoms with van der Waals surface area (Å²) < 4.78 is 5.50. The first kappa shape index (κ1) is 25.9.